The van der Waals surface area contributed by atoms with Crippen molar-refractivity contribution in [2.75, 3.05) is 18.0 Å². The van der Waals surface area contributed by atoms with Crippen LogP contribution >= 0.6 is 0 Å². The second-order valence-corrected chi connectivity index (χ2v) is 6.55. The Balaban J connectivity index is 1.95. The summed E-state index contributed by atoms with van der Waals surface area (Å²) in [5.74, 6) is 0.994. The zero-order chi connectivity index (χ0) is 16.5. The summed E-state index contributed by atoms with van der Waals surface area (Å²) < 4.78 is 0. The molecule has 1 heterocycles. The van der Waals surface area contributed by atoms with Gasteiger partial charge in [-0.05, 0) is 37.8 Å². The molecule has 1 amide bonds. The minimum atomic E-state index is 0.0217. The lowest BCUT2D eigenvalue weighted by molar-refractivity contribution is 0.0933. The molecular formula is C19H31N3O. The summed E-state index contributed by atoms with van der Waals surface area (Å²) in [5.41, 5.74) is 0.672. The van der Waals surface area contributed by atoms with Crippen molar-refractivity contribution < 1.29 is 4.79 Å². The van der Waals surface area contributed by atoms with E-state index in [-0.39, 0.29) is 5.91 Å². The molecule has 0 unspecified atom stereocenters. The highest BCUT2D eigenvalue weighted by Gasteiger charge is 2.16. The summed E-state index contributed by atoms with van der Waals surface area (Å²) in [7, 11) is 0. The highest BCUT2D eigenvalue weighted by Crippen LogP contribution is 2.18. The zero-order valence-corrected chi connectivity index (χ0v) is 14.7. The average molecular weight is 317 g/mol. The third kappa shape index (κ3) is 5.52. The van der Waals surface area contributed by atoms with Gasteiger partial charge in [-0.1, -0.05) is 39.5 Å². The highest BCUT2D eigenvalue weighted by molar-refractivity contribution is 5.94. The van der Waals surface area contributed by atoms with Crippen molar-refractivity contribution >= 4 is 11.7 Å². The Morgan fingerprint density at radius 3 is 2.30 bits per heavy atom. The molecule has 23 heavy (non-hydrogen) atoms. The van der Waals surface area contributed by atoms with Crippen LogP contribution in [-0.2, 0) is 0 Å². The monoisotopic (exact) mass is 317 g/mol. The van der Waals surface area contributed by atoms with Crippen LogP contribution in [0.4, 0.5) is 5.82 Å². The van der Waals surface area contributed by atoms with Gasteiger partial charge in [0.2, 0.25) is 0 Å². The second kappa shape index (κ2) is 9.53. The smallest absolute Gasteiger partial charge is 0.253 e. The molecule has 0 saturated heterocycles. The molecule has 2 rings (SSSR count). The van der Waals surface area contributed by atoms with Gasteiger partial charge in [0.05, 0.1) is 5.56 Å². The fourth-order valence-electron chi connectivity index (χ4n) is 3.28. The molecule has 0 aliphatic heterocycles. The van der Waals surface area contributed by atoms with E-state index in [0.717, 1.165) is 44.6 Å². The molecule has 1 saturated carbocycles. The number of carbonyl (C=O) groups excluding carboxylic acids is 1. The second-order valence-electron chi connectivity index (χ2n) is 6.55. The maximum absolute atomic E-state index is 12.4. The number of hydrogen-bond donors (Lipinski definition) is 1. The van der Waals surface area contributed by atoms with Gasteiger partial charge in [0, 0.05) is 25.3 Å². The molecule has 0 bridgehead atoms. The summed E-state index contributed by atoms with van der Waals surface area (Å²) in [6.45, 7) is 6.37. The van der Waals surface area contributed by atoms with Crippen molar-refractivity contribution in [3.05, 3.63) is 23.9 Å². The van der Waals surface area contributed by atoms with Crippen LogP contribution in [0.3, 0.4) is 0 Å². The Bertz CT molecular complexity index is 458. The van der Waals surface area contributed by atoms with E-state index in [2.05, 4.69) is 29.0 Å². The lowest BCUT2D eigenvalue weighted by atomic mass is 10.1. The van der Waals surface area contributed by atoms with Crippen LogP contribution in [0.1, 0.15) is 75.6 Å². The number of rotatable bonds is 7. The predicted molar refractivity (Wildman–Crippen MR) is 96.0 cm³/mol. The first-order valence-corrected chi connectivity index (χ1v) is 9.26. The van der Waals surface area contributed by atoms with Gasteiger partial charge in [0.25, 0.3) is 5.91 Å². The largest absolute Gasteiger partial charge is 0.357 e. The predicted octanol–water partition coefficient (Wildman–Crippen LogP) is 4.16. The van der Waals surface area contributed by atoms with Crippen LogP contribution in [0.15, 0.2) is 18.3 Å². The summed E-state index contributed by atoms with van der Waals surface area (Å²) >= 11 is 0. The van der Waals surface area contributed by atoms with E-state index in [9.17, 15) is 4.79 Å². The number of nitrogens with zero attached hydrogens (tertiary/aromatic N) is 2. The first kappa shape index (κ1) is 17.8. The van der Waals surface area contributed by atoms with Gasteiger partial charge in [-0.3, -0.25) is 4.79 Å². The van der Waals surface area contributed by atoms with Crippen LogP contribution < -0.4 is 10.2 Å². The fourth-order valence-corrected chi connectivity index (χ4v) is 3.28. The van der Waals surface area contributed by atoms with Crippen molar-refractivity contribution in [1.82, 2.24) is 10.3 Å². The van der Waals surface area contributed by atoms with Crippen molar-refractivity contribution in [2.45, 2.75) is 71.3 Å². The first-order valence-electron chi connectivity index (χ1n) is 9.26. The van der Waals surface area contributed by atoms with Gasteiger partial charge in [0.15, 0.2) is 0 Å². The molecule has 1 aromatic heterocycles. The number of hydrogen-bond acceptors (Lipinski definition) is 3. The Labute approximate surface area is 140 Å². The quantitative estimate of drug-likeness (QED) is 0.768. The topological polar surface area (TPSA) is 45.2 Å². The summed E-state index contributed by atoms with van der Waals surface area (Å²) in [4.78, 5) is 19.2. The normalized spacial score (nSPS) is 15.9. The summed E-state index contributed by atoms with van der Waals surface area (Å²) in [6.07, 6.45) is 11.2. The Morgan fingerprint density at radius 2 is 1.78 bits per heavy atom. The molecule has 1 N–H and O–H groups in total. The molecule has 4 nitrogen and oxygen atoms in total. The maximum Gasteiger partial charge on any atom is 0.253 e. The molecule has 1 aliphatic rings. The van der Waals surface area contributed by atoms with Crippen molar-refractivity contribution in [1.29, 1.82) is 0 Å². The number of anilines is 1. The third-order valence-electron chi connectivity index (χ3n) is 4.51. The molecule has 1 aliphatic carbocycles. The third-order valence-corrected chi connectivity index (χ3v) is 4.51. The number of aromatic nitrogens is 1. The SMILES string of the molecule is CCCN(CCC)c1ccc(C(=O)NC2CCCCCC2)cn1. The van der Waals surface area contributed by atoms with Gasteiger partial charge in [-0.25, -0.2) is 4.98 Å². The highest BCUT2D eigenvalue weighted by atomic mass is 16.1. The Morgan fingerprint density at radius 1 is 1.13 bits per heavy atom. The van der Waals surface area contributed by atoms with Gasteiger partial charge in [-0.15, -0.1) is 0 Å². The molecule has 1 fully saturated rings. The van der Waals surface area contributed by atoms with E-state index in [1.807, 2.05) is 12.1 Å². The molecule has 128 valence electrons. The van der Waals surface area contributed by atoms with E-state index in [4.69, 9.17) is 0 Å². The lowest BCUT2D eigenvalue weighted by Crippen LogP contribution is -2.34. The number of carbonyl (C=O) groups is 1. The molecule has 0 radical (unpaired) electrons. The van der Waals surface area contributed by atoms with Crippen LogP contribution in [-0.4, -0.2) is 30.0 Å². The van der Waals surface area contributed by atoms with Crippen molar-refractivity contribution in [3.8, 4) is 0 Å². The Hall–Kier alpha value is -1.58. The van der Waals surface area contributed by atoms with E-state index in [0.29, 0.717) is 11.6 Å². The van der Waals surface area contributed by atoms with Crippen LogP contribution in [0.25, 0.3) is 0 Å². The van der Waals surface area contributed by atoms with Crippen molar-refractivity contribution in [3.63, 3.8) is 0 Å². The number of nitrogens with one attached hydrogen (secondary N) is 1. The van der Waals surface area contributed by atoms with E-state index >= 15 is 0 Å². The molecule has 4 heteroatoms. The Kier molecular flexibility index (Phi) is 7.37. The average Bonchev–Trinajstić information content (AvgIpc) is 2.83. The van der Waals surface area contributed by atoms with Crippen molar-refractivity contribution in [2.24, 2.45) is 0 Å². The summed E-state index contributed by atoms with van der Waals surface area (Å²) in [6, 6.07) is 4.22. The minimum absolute atomic E-state index is 0.0217. The fraction of sp³-hybridized carbons (Fsp3) is 0.684. The number of pyridine rings is 1. The zero-order valence-electron chi connectivity index (χ0n) is 14.7. The minimum Gasteiger partial charge on any atom is -0.357 e. The molecule has 0 atom stereocenters. The lowest BCUT2D eigenvalue weighted by Gasteiger charge is -2.22. The van der Waals surface area contributed by atoms with E-state index < -0.39 is 0 Å². The summed E-state index contributed by atoms with van der Waals surface area (Å²) in [5, 5.41) is 3.18. The molecule has 0 spiro atoms. The standard InChI is InChI=1S/C19H31N3O/c1-3-13-22(14-4-2)18-12-11-16(15-20-18)19(23)21-17-9-7-5-6-8-10-17/h11-12,15,17H,3-10,13-14H2,1-2H3,(H,21,23). The number of amides is 1. The molecular weight excluding hydrogens is 286 g/mol. The van der Waals surface area contributed by atoms with Gasteiger partial charge in [0.1, 0.15) is 5.82 Å². The van der Waals surface area contributed by atoms with E-state index in [1.54, 1.807) is 6.20 Å². The van der Waals surface area contributed by atoms with Crippen LogP contribution in [0, 0.1) is 0 Å². The first-order chi connectivity index (χ1) is 11.2. The van der Waals surface area contributed by atoms with Gasteiger partial charge in [-0.2, -0.15) is 0 Å². The van der Waals surface area contributed by atoms with Gasteiger partial charge >= 0.3 is 0 Å². The maximum atomic E-state index is 12.4. The van der Waals surface area contributed by atoms with E-state index in [1.165, 1.54) is 25.7 Å². The van der Waals surface area contributed by atoms with Crippen LogP contribution in [0.5, 0.6) is 0 Å². The molecule has 1 aromatic rings. The molecule has 0 aromatic carbocycles. The van der Waals surface area contributed by atoms with Gasteiger partial charge < -0.3 is 10.2 Å². The van der Waals surface area contributed by atoms with Crippen LogP contribution in [0.2, 0.25) is 0 Å².